The van der Waals surface area contributed by atoms with E-state index in [1.807, 2.05) is 6.08 Å². The molecule has 0 bridgehead atoms. The number of hydrogen-bond acceptors (Lipinski definition) is 2. The Morgan fingerprint density at radius 2 is 2.07 bits per heavy atom. The summed E-state index contributed by atoms with van der Waals surface area (Å²) in [4.78, 5) is 0. The summed E-state index contributed by atoms with van der Waals surface area (Å²) in [6.07, 6.45) is 8.11. The van der Waals surface area contributed by atoms with Gasteiger partial charge in [0.1, 0.15) is 0 Å². The van der Waals surface area contributed by atoms with Gasteiger partial charge in [0.2, 0.25) is 0 Å². The summed E-state index contributed by atoms with van der Waals surface area (Å²) in [6, 6.07) is 0.319. The first-order valence-corrected chi connectivity index (χ1v) is 6.29. The molecule has 1 saturated carbocycles. The number of nitrogens with one attached hydrogen (secondary N) is 1. The zero-order valence-electron chi connectivity index (χ0n) is 10.2. The molecule has 15 heavy (non-hydrogen) atoms. The van der Waals surface area contributed by atoms with E-state index in [1.54, 1.807) is 0 Å². The largest absolute Gasteiger partial charge is 0.373 e. The molecule has 1 aliphatic carbocycles. The van der Waals surface area contributed by atoms with Crippen LogP contribution in [0, 0.1) is 0 Å². The molecule has 88 valence electrons. The van der Waals surface area contributed by atoms with Crippen molar-refractivity contribution in [1.29, 1.82) is 0 Å². The minimum Gasteiger partial charge on any atom is -0.373 e. The average molecular weight is 211 g/mol. The third-order valence-corrected chi connectivity index (χ3v) is 3.30. The van der Waals surface area contributed by atoms with Gasteiger partial charge in [-0.2, -0.15) is 0 Å². The van der Waals surface area contributed by atoms with Gasteiger partial charge in [-0.3, -0.25) is 0 Å². The van der Waals surface area contributed by atoms with Crippen LogP contribution in [0.25, 0.3) is 0 Å². The van der Waals surface area contributed by atoms with Crippen molar-refractivity contribution in [1.82, 2.24) is 5.32 Å². The molecule has 2 heteroatoms. The van der Waals surface area contributed by atoms with E-state index < -0.39 is 0 Å². The smallest absolute Gasteiger partial charge is 0.0870 e. The first-order valence-electron chi connectivity index (χ1n) is 6.29. The van der Waals surface area contributed by atoms with Crippen LogP contribution in [0.5, 0.6) is 0 Å². The van der Waals surface area contributed by atoms with Gasteiger partial charge in [0, 0.05) is 6.61 Å². The van der Waals surface area contributed by atoms with Crippen molar-refractivity contribution in [3.8, 4) is 0 Å². The van der Waals surface area contributed by atoms with Crippen molar-refractivity contribution >= 4 is 0 Å². The minimum absolute atomic E-state index is 0.0334. The van der Waals surface area contributed by atoms with Gasteiger partial charge in [0.05, 0.1) is 11.6 Å². The summed E-state index contributed by atoms with van der Waals surface area (Å²) in [6.45, 7) is 10.1. The van der Waals surface area contributed by atoms with Crippen molar-refractivity contribution in [3.05, 3.63) is 12.7 Å². The van der Waals surface area contributed by atoms with Gasteiger partial charge in [-0.15, -0.1) is 6.58 Å². The first kappa shape index (κ1) is 12.7. The monoisotopic (exact) mass is 211 g/mol. The second-order valence-corrected chi connectivity index (χ2v) is 4.37. The lowest BCUT2D eigenvalue weighted by Crippen LogP contribution is -2.50. The molecule has 0 saturated heterocycles. The number of hydrogen-bond donors (Lipinski definition) is 1. The predicted octanol–water partition coefficient (Wildman–Crippen LogP) is 2.89. The van der Waals surface area contributed by atoms with Gasteiger partial charge in [-0.05, 0) is 32.7 Å². The van der Waals surface area contributed by atoms with E-state index in [4.69, 9.17) is 4.74 Å². The Kier molecular flexibility index (Phi) is 5.34. The molecule has 1 rings (SSSR count). The summed E-state index contributed by atoms with van der Waals surface area (Å²) >= 11 is 0. The molecule has 0 radical (unpaired) electrons. The molecule has 2 nitrogen and oxygen atoms in total. The van der Waals surface area contributed by atoms with E-state index in [-0.39, 0.29) is 5.60 Å². The number of rotatable bonds is 7. The Morgan fingerprint density at radius 3 is 2.53 bits per heavy atom. The molecule has 1 atom stereocenters. The number of ether oxygens (including phenoxy) is 1. The van der Waals surface area contributed by atoms with Gasteiger partial charge >= 0.3 is 0 Å². The third-order valence-electron chi connectivity index (χ3n) is 3.30. The van der Waals surface area contributed by atoms with E-state index in [0.717, 1.165) is 19.6 Å². The second kappa shape index (κ2) is 6.29. The van der Waals surface area contributed by atoms with Crippen LogP contribution < -0.4 is 5.32 Å². The van der Waals surface area contributed by atoms with Crippen LogP contribution in [0.4, 0.5) is 0 Å². The van der Waals surface area contributed by atoms with E-state index in [9.17, 15) is 0 Å². The molecule has 0 aliphatic heterocycles. The van der Waals surface area contributed by atoms with E-state index in [0.29, 0.717) is 6.04 Å². The summed E-state index contributed by atoms with van der Waals surface area (Å²) in [7, 11) is 0. The molecule has 0 aromatic carbocycles. The molecule has 0 heterocycles. The second-order valence-electron chi connectivity index (χ2n) is 4.37. The predicted molar refractivity (Wildman–Crippen MR) is 65.1 cm³/mol. The maximum Gasteiger partial charge on any atom is 0.0870 e. The maximum atomic E-state index is 6.01. The van der Waals surface area contributed by atoms with Gasteiger partial charge < -0.3 is 10.1 Å². The highest BCUT2D eigenvalue weighted by molar-refractivity contribution is 5.05. The Bertz CT molecular complexity index is 185. The molecule has 1 aliphatic rings. The minimum atomic E-state index is 0.0334. The van der Waals surface area contributed by atoms with Crippen LogP contribution in [0.1, 0.15) is 46.0 Å². The Labute approximate surface area is 94.1 Å². The Balaban J connectivity index is 2.62. The third kappa shape index (κ3) is 3.05. The fourth-order valence-corrected chi connectivity index (χ4v) is 2.59. The van der Waals surface area contributed by atoms with Crippen LogP contribution in [0.2, 0.25) is 0 Å². The molecule has 1 N–H and O–H groups in total. The van der Waals surface area contributed by atoms with Crippen LogP contribution in [-0.4, -0.2) is 24.8 Å². The summed E-state index contributed by atoms with van der Waals surface area (Å²) in [5, 5.41) is 3.54. The van der Waals surface area contributed by atoms with Gasteiger partial charge in [0.15, 0.2) is 0 Å². The van der Waals surface area contributed by atoms with Crippen LogP contribution in [-0.2, 0) is 4.74 Å². The average Bonchev–Trinajstić information content (AvgIpc) is 2.69. The maximum absolute atomic E-state index is 6.01. The Hall–Kier alpha value is -0.340. The fraction of sp³-hybridized carbons (Fsp3) is 0.846. The molecule has 1 fully saturated rings. The fourth-order valence-electron chi connectivity index (χ4n) is 2.59. The highest BCUT2D eigenvalue weighted by Gasteiger charge is 2.40. The van der Waals surface area contributed by atoms with Crippen LogP contribution >= 0.6 is 0 Å². The lowest BCUT2D eigenvalue weighted by molar-refractivity contribution is -0.0501. The molecular formula is C13H25NO. The highest BCUT2D eigenvalue weighted by Crippen LogP contribution is 2.36. The van der Waals surface area contributed by atoms with Crippen molar-refractivity contribution in [2.24, 2.45) is 0 Å². The van der Waals surface area contributed by atoms with Crippen molar-refractivity contribution in [2.75, 3.05) is 13.2 Å². The SMILES string of the molecule is C=CC(NCCC)C1(OCC)CCCC1. The van der Waals surface area contributed by atoms with Gasteiger partial charge in [-0.1, -0.05) is 25.8 Å². The van der Waals surface area contributed by atoms with E-state index >= 15 is 0 Å². The van der Waals surface area contributed by atoms with Crippen molar-refractivity contribution in [2.45, 2.75) is 57.6 Å². The zero-order valence-corrected chi connectivity index (χ0v) is 10.2. The molecule has 0 amide bonds. The van der Waals surface area contributed by atoms with Crippen molar-refractivity contribution in [3.63, 3.8) is 0 Å². The first-order chi connectivity index (χ1) is 7.29. The quantitative estimate of drug-likeness (QED) is 0.654. The van der Waals surface area contributed by atoms with Crippen LogP contribution in [0.15, 0.2) is 12.7 Å². The standard InChI is InChI=1S/C13H25NO/c1-4-11-14-12(5-2)13(15-6-3)9-7-8-10-13/h5,12,14H,2,4,6-11H2,1,3H3. The normalized spacial score (nSPS) is 21.5. The summed E-state index contributed by atoms with van der Waals surface area (Å²) in [5.74, 6) is 0. The van der Waals surface area contributed by atoms with E-state index in [1.165, 1.54) is 25.7 Å². The van der Waals surface area contributed by atoms with Gasteiger partial charge in [0.25, 0.3) is 0 Å². The lowest BCUT2D eigenvalue weighted by Gasteiger charge is -2.36. The summed E-state index contributed by atoms with van der Waals surface area (Å²) < 4.78 is 6.01. The van der Waals surface area contributed by atoms with Crippen molar-refractivity contribution < 1.29 is 4.74 Å². The topological polar surface area (TPSA) is 21.3 Å². The molecule has 1 unspecified atom stereocenters. The van der Waals surface area contributed by atoms with Crippen LogP contribution in [0.3, 0.4) is 0 Å². The zero-order chi connectivity index (χ0) is 11.1. The molecular weight excluding hydrogens is 186 g/mol. The van der Waals surface area contributed by atoms with Gasteiger partial charge in [-0.25, -0.2) is 0 Å². The highest BCUT2D eigenvalue weighted by atomic mass is 16.5. The summed E-state index contributed by atoms with van der Waals surface area (Å²) in [5.41, 5.74) is 0.0334. The molecule has 0 aromatic rings. The Morgan fingerprint density at radius 1 is 1.40 bits per heavy atom. The van der Waals surface area contributed by atoms with E-state index in [2.05, 4.69) is 25.7 Å². The molecule has 0 aromatic heterocycles. The molecule has 0 spiro atoms. The lowest BCUT2D eigenvalue weighted by atomic mass is 9.91.